The van der Waals surface area contributed by atoms with Crippen LogP contribution in [0.25, 0.3) is 0 Å². The summed E-state index contributed by atoms with van der Waals surface area (Å²) in [6.45, 7) is -2.25. The second-order valence-electron chi connectivity index (χ2n) is 8.79. The van der Waals surface area contributed by atoms with Gasteiger partial charge in [0.1, 0.15) is 11.8 Å². The maximum Gasteiger partial charge on any atom is 0.433 e. The van der Waals surface area contributed by atoms with Crippen LogP contribution in [0.15, 0.2) is 48.5 Å². The summed E-state index contributed by atoms with van der Waals surface area (Å²) in [5.74, 6) is -3.34. The maximum atomic E-state index is 14.9. The number of amides is 2. The van der Waals surface area contributed by atoms with Crippen molar-refractivity contribution in [3.8, 4) is 17.9 Å². The zero-order chi connectivity index (χ0) is 33.2. The first kappa shape index (κ1) is 34.1. The van der Waals surface area contributed by atoms with E-state index in [2.05, 4.69) is 10.1 Å². The highest BCUT2D eigenvalue weighted by Gasteiger charge is 2.71. The van der Waals surface area contributed by atoms with Crippen molar-refractivity contribution in [3.05, 3.63) is 86.9 Å². The van der Waals surface area contributed by atoms with Crippen molar-refractivity contribution >= 4 is 50.7 Å². The predicted octanol–water partition coefficient (Wildman–Crippen LogP) is 8.21. The fraction of sp³-hybridized carbons (Fsp3) is 0.185. The van der Waals surface area contributed by atoms with Crippen molar-refractivity contribution in [1.82, 2.24) is 0 Å². The van der Waals surface area contributed by atoms with E-state index in [1.54, 1.807) is 13.0 Å². The predicted molar refractivity (Wildman–Crippen MR) is 144 cm³/mol. The molecule has 0 aliphatic heterocycles. The minimum atomic E-state index is -6.28. The molecule has 3 aromatic carbocycles. The third-order valence-electron chi connectivity index (χ3n) is 5.94. The number of nitrogens with one attached hydrogen (secondary N) is 2. The van der Waals surface area contributed by atoms with Crippen molar-refractivity contribution in [1.29, 1.82) is 10.5 Å². The topological polar surface area (TPSA) is 115 Å². The van der Waals surface area contributed by atoms with Crippen molar-refractivity contribution in [3.63, 3.8) is 0 Å². The van der Waals surface area contributed by atoms with Gasteiger partial charge in [-0.2, -0.15) is 41.3 Å². The van der Waals surface area contributed by atoms with Crippen molar-refractivity contribution in [2.45, 2.75) is 30.2 Å². The molecule has 0 aliphatic carbocycles. The van der Waals surface area contributed by atoms with Crippen molar-refractivity contribution in [2.75, 3.05) is 10.6 Å². The van der Waals surface area contributed by atoms with Gasteiger partial charge in [0.25, 0.3) is 11.8 Å². The van der Waals surface area contributed by atoms with Gasteiger partial charge in [0.2, 0.25) is 0 Å². The van der Waals surface area contributed by atoms with Gasteiger partial charge in [0.15, 0.2) is 5.75 Å². The number of carbonyl (C=O) groups excluding carboxylic acids is 2. The van der Waals surface area contributed by atoms with Crippen LogP contribution in [0.4, 0.5) is 46.5 Å². The number of carbonyl (C=O) groups is 2. The van der Waals surface area contributed by atoms with Crippen LogP contribution in [0.1, 0.15) is 43.0 Å². The molecule has 0 aliphatic rings. The van der Waals surface area contributed by atoms with Crippen LogP contribution in [-0.4, -0.2) is 29.4 Å². The highest BCUT2D eigenvalue weighted by Crippen LogP contribution is 2.56. The highest BCUT2D eigenvalue weighted by atomic mass is 79.9. The number of hydrogen-bond acceptors (Lipinski definition) is 5. The average Bonchev–Trinajstić information content (AvgIpc) is 2.92. The zero-order valence-electron chi connectivity index (χ0n) is 21.6. The van der Waals surface area contributed by atoms with Crippen molar-refractivity contribution in [2.24, 2.45) is 0 Å². The first-order valence-corrected chi connectivity index (χ1v) is 12.8. The number of alkyl halides is 9. The van der Waals surface area contributed by atoms with Crippen LogP contribution >= 0.6 is 27.5 Å². The van der Waals surface area contributed by atoms with E-state index in [1.165, 1.54) is 34.1 Å². The van der Waals surface area contributed by atoms with Gasteiger partial charge in [-0.25, -0.2) is 4.39 Å². The van der Waals surface area contributed by atoms with E-state index in [1.807, 2.05) is 11.4 Å². The minimum absolute atomic E-state index is 0.0442. The van der Waals surface area contributed by atoms with Crippen LogP contribution in [0.5, 0.6) is 5.75 Å². The molecule has 3 aromatic rings. The maximum absolute atomic E-state index is 14.9. The monoisotopic (exact) mass is 708 g/mol. The number of halogens is 10. The van der Waals surface area contributed by atoms with Crippen LogP contribution in [-0.2, 0) is 5.67 Å². The summed E-state index contributed by atoms with van der Waals surface area (Å²) < 4.78 is 113. The molecule has 0 saturated carbocycles. The number of aryl methyl sites for hydroxylation is 1. The second kappa shape index (κ2) is 12.7. The number of ether oxygens (including phenoxy) is 1. The quantitative estimate of drug-likeness (QED) is 0.181. The third-order valence-corrected chi connectivity index (χ3v) is 6.78. The molecule has 0 bridgehead atoms. The van der Waals surface area contributed by atoms with Gasteiger partial charge in [-0.1, -0.05) is 11.6 Å². The van der Waals surface area contributed by atoms with E-state index in [9.17, 15) is 50.0 Å². The third kappa shape index (κ3) is 6.87. The Hall–Kier alpha value is -4.41. The number of benzene rings is 3. The SMILES string of the molecule is Cc1cc(C#N)ccc1C(=O)Nc1cc(C(=O)Nc2c(Cl)cc(C(F)(C(F)(F)F)C(F)(F)Br)cc2OC(F)F)ccc1C#N. The number of rotatable bonds is 8. The van der Waals surface area contributed by atoms with Crippen LogP contribution < -0.4 is 15.4 Å². The Labute approximate surface area is 256 Å². The summed E-state index contributed by atoms with van der Waals surface area (Å²) in [5, 5.41) is 21.7. The second-order valence-corrected chi connectivity index (χ2v) is 10.2. The molecule has 0 radical (unpaired) electrons. The number of nitrogens with zero attached hydrogens (tertiary/aromatic N) is 2. The molecule has 2 amide bonds. The molecular weight excluding hydrogens is 696 g/mol. The summed E-state index contributed by atoms with van der Waals surface area (Å²) >= 11 is 7.18. The molecule has 44 heavy (non-hydrogen) atoms. The van der Waals surface area contributed by atoms with E-state index in [0.717, 1.165) is 18.2 Å². The summed E-state index contributed by atoms with van der Waals surface area (Å²) in [5.41, 5.74) is -8.24. The van der Waals surface area contributed by atoms with Gasteiger partial charge >= 0.3 is 23.3 Å². The summed E-state index contributed by atoms with van der Waals surface area (Å²) in [7, 11) is 0. The van der Waals surface area contributed by atoms with Crippen LogP contribution in [0.3, 0.4) is 0 Å². The summed E-state index contributed by atoms with van der Waals surface area (Å²) in [6, 6.07) is 10.9. The van der Waals surface area contributed by atoms with Gasteiger partial charge in [-0.05, 0) is 76.9 Å². The van der Waals surface area contributed by atoms with Crippen LogP contribution in [0, 0.1) is 29.6 Å². The largest absolute Gasteiger partial charge is 0.433 e. The number of anilines is 2. The number of nitriles is 2. The first-order chi connectivity index (χ1) is 20.3. The van der Waals surface area contributed by atoms with Gasteiger partial charge in [-0.3, -0.25) is 9.59 Å². The van der Waals surface area contributed by atoms with E-state index in [4.69, 9.17) is 16.9 Å². The van der Waals surface area contributed by atoms with Gasteiger partial charge in [0, 0.05) is 16.7 Å². The summed E-state index contributed by atoms with van der Waals surface area (Å²) in [6.07, 6.45) is -6.28. The molecule has 7 nitrogen and oxygen atoms in total. The molecular formula is C27H14BrClF8N4O3. The molecule has 1 atom stereocenters. The average molecular weight is 710 g/mol. The van der Waals surface area contributed by atoms with Gasteiger partial charge < -0.3 is 15.4 Å². The molecule has 1 unspecified atom stereocenters. The molecule has 0 saturated heterocycles. The lowest BCUT2D eigenvalue weighted by atomic mass is 9.94. The van der Waals surface area contributed by atoms with E-state index < -0.39 is 57.1 Å². The first-order valence-electron chi connectivity index (χ1n) is 11.6. The molecule has 0 fully saturated rings. The Morgan fingerprint density at radius 2 is 1.59 bits per heavy atom. The minimum Gasteiger partial charge on any atom is -0.433 e. The zero-order valence-corrected chi connectivity index (χ0v) is 23.9. The molecule has 17 heteroatoms. The molecule has 230 valence electrons. The van der Waals surface area contributed by atoms with Gasteiger partial charge in [-0.15, -0.1) is 0 Å². The normalized spacial score (nSPS) is 13.0. The Morgan fingerprint density at radius 1 is 0.932 bits per heavy atom. The standard InChI is InChI=1S/C27H14BrClF8N4O3/c1-12-6-13(10-38)2-5-17(12)23(43)40-19-7-14(3-4-15(19)11-39)22(42)41-21-18(29)8-16(9-20(21)44-24(30)31)25(32,26(28,33)34)27(35,36)37/h2-9,24H,1H3,(H,40,43)(H,41,42). The lowest BCUT2D eigenvalue weighted by Gasteiger charge is -2.32. The van der Waals surface area contributed by atoms with Gasteiger partial charge in [0.05, 0.1) is 27.9 Å². The Morgan fingerprint density at radius 3 is 2.11 bits per heavy atom. The number of hydrogen-bond donors (Lipinski definition) is 2. The molecule has 0 heterocycles. The Bertz CT molecular complexity index is 1700. The van der Waals surface area contributed by atoms with Crippen LogP contribution in [0.2, 0.25) is 5.02 Å². The van der Waals surface area contributed by atoms with E-state index in [0.29, 0.717) is 5.56 Å². The Balaban J connectivity index is 2.03. The fourth-order valence-corrected chi connectivity index (χ4v) is 4.54. The molecule has 3 rings (SSSR count). The highest BCUT2D eigenvalue weighted by molar-refractivity contribution is 9.10. The Kier molecular flexibility index (Phi) is 9.82. The fourth-order valence-electron chi connectivity index (χ4n) is 3.83. The summed E-state index contributed by atoms with van der Waals surface area (Å²) in [4.78, 5) is 20.6. The molecule has 0 aromatic heterocycles. The smallest absolute Gasteiger partial charge is 0.433 e. The van der Waals surface area contributed by atoms with E-state index in [-0.39, 0.29) is 40.1 Å². The van der Waals surface area contributed by atoms with E-state index >= 15 is 0 Å². The van der Waals surface area contributed by atoms with Crippen molar-refractivity contribution < 1.29 is 49.4 Å². The lowest BCUT2D eigenvalue weighted by molar-refractivity contribution is -0.282. The molecule has 2 N–H and O–H groups in total. The molecule has 0 spiro atoms. The lowest BCUT2D eigenvalue weighted by Crippen LogP contribution is -2.49.